The normalized spacial score (nSPS) is 16.2. The van der Waals surface area contributed by atoms with Crippen LogP contribution in [0.5, 0.6) is 0 Å². The van der Waals surface area contributed by atoms with Crippen molar-refractivity contribution in [3.63, 3.8) is 0 Å². The Morgan fingerprint density at radius 2 is 2.00 bits per heavy atom. The summed E-state index contributed by atoms with van der Waals surface area (Å²) in [5, 5.41) is 17.8. The molecular formula is C7H12O2. The van der Waals surface area contributed by atoms with E-state index >= 15 is 0 Å². The lowest BCUT2D eigenvalue weighted by molar-refractivity contribution is 0.0210. The molecule has 0 aromatic rings. The van der Waals surface area contributed by atoms with Gasteiger partial charge in [-0.3, -0.25) is 0 Å². The first-order valence-electron chi connectivity index (χ1n) is 3.02. The molecule has 0 amide bonds. The number of aliphatic hydroxyl groups excluding tert-OH is 2. The molecule has 0 aromatic heterocycles. The SMILES string of the molecule is C#CCC(O)C(O)CC. The van der Waals surface area contributed by atoms with Crippen molar-refractivity contribution in [1.29, 1.82) is 0 Å². The van der Waals surface area contributed by atoms with Crippen molar-refractivity contribution in [1.82, 2.24) is 0 Å². The van der Waals surface area contributed by atoms with E-state index in [2.05, 4.69) is 5.92 Å². The molecule has 0 rings (SSSR count). The van der Waals surface area contributed by atoms with Crippen LogP contribution < -0.4 is 0 Å². The van der Waals surface area contributed by atoms with Gasteiger partial charge in [0.2, 0.25) is 0 Å². The highest BCUT2D eigenvalue weighted by molar-refractivity contribution is 4.88. The van der Waals surface area contributed by atoms with Gasteiger partial charge in [0.15, 0.2) is 0 Å². The molecule has 0 aliphatic rings. The summed E-state index contributed by atoms with van der Waals surface area (Å²) in [6.45, 7) is 1.80. The molecule has 0 spiro atoms. The number of hydrogen-bond acceptors (Lipinski definition) is 2. The predicted molar refractivity (Wildman–Crippen MR) is 35.8 cm³/mol. The van der Waals surface area contributed by atoms with E-state index in [4.69, 9.17) is 16.6 Å². The maximum atomic E-state index is 8.93. The molecule has 0 bridgehead atoms. The fourth-order valence-corrected chi connectivity index (χ4v) is 0.529. The van der Waals surface area contributed by atoms with Gasteiger partial charge in [-0.1, -0.05) is 6.92 Å². The molecule has 2 atom stereocenters. The molecule has 0 aliphatic carbocycles. The van der Waals surface area contributed by atoms with Crippen LogP contribution in [0, 0.1) is 12.3 Å². The Labute approximate surface area is 55.5 Å². The van der Waals surface area contributed by atoms with Crippen molar-refractivity contribution in [2.45, 2.75) is 32.0 Å². The average molecular weight is 128 g/mol. The molecule has 0 saturated carbocycles. The second kappa shape index (κ2) is 4.37. The molecule has 52 valence electrons. The lowest BCUT2D eigenvalue weighted by Gasteiger charge is -2.12. The highest BCUT2D eigenvalue weighted by atomic mass is 16.3. The van der Waals surface area contributed by atoms with Gasteiger partial charge in [-0.2, -0.15) is 0 Å². The van der Waals surface area contributed by atoms with Crippen LogP contribution in [0.1, 0.15) is 19.8 Å². The summed E-state index contributed by atoms with van der Waals surface area (Å²) in [6.07, 6.45) is 4.26. The zero-order valence-corrected chi connectivity index (χ0v) is 5.54. The van der Waals surface area contributed by atoms with Crippen molar-refractivity contribution in [3.05, 3.63) is 0 Å². The van der Waals surface area contributed by atoms with Crippen LogP contribution in [0.4, 0.5) is 0 Å². The number of terminal acetylenes is 1. The Morgan fingerprint density at radius 3 is 2.33 bits per heavy atom. The van der Waals surface area contributed by atoms with Crippen molar-refractivity contribution in [2.24, 2.45) is 0 Å². The maximum absolute atomic E-state index is 8.93. The molecule has 0 aliphatic heterocycles. The van der Waals surface area contributed by atoms with E-state index in [0.717, 1.165) is 0 Å². The largest absolute Gasteiger partial charge is 0.390 e. The van der Waals surface area contributed by atoms with E-state index < -0.39 is 12.2 Å². The topological polar surface area (TPSA) is 40.5 Å². The fourth-order valence-electron chi connectivity index (χ4n) is 0.529. The predicted octanol–water partition coefficient (Wildman–Crippen LogP) is 0.141. The summed E-state index contributed by atoms with van der Waals surface area (Å²) in [5.41, 5.74) is 0. The van der Waals surface area contributed by atoms with Gasteiger partial charge in [0.1, 0.15) is 0 Å². The van der Waals surface area contributed by atoms with Crippen LogP contribution in [-0.4, -0.2) is 22.4 Å². The third-order valence-corrected chi connectivity index (χ3v) is 1.19. The first kappa shape index (κ1) is 8.48. The molecule has 9 heavy (non-hydrogen) atoms. The molecule has 0 radical (unpaired) electrons. The van der Waals surface area contributed by atoms with Crippen molar-refractivity contribution >= 4 is 0 Å². The van der Waals surface area contributed by atoms with Crippen molar-refractivity contribution in [3.8, 4) is 12.3 Å². The van der Waals surface area contributed by atoms with E-state index in [9.17, 15) is 0 Å². The van der Waals surface area contributed by atoms with Gasteiger partial charge in [-0.15, -0.1) is 12.3 Å². The zero-order valence-electron chi connectivity index (χ0n) is 5.54. The monoisotopic (exact) mass is 128 g/mol. The van der Waals surface area contributed by atoms with Gasteiger partial charge < -0.3 is 10.2 Å². The van der Waals surface area contributed by atoms with Crippen LogP contribution in [0.15, 0.2) is 0 Å². The lowest BCUT2D eigenvalue weighted by Crippen LogP contribution is -2.24. The third-order valence-electron chi connectivity index (χ3n) is 1.19. The Hall–Kier alpha value is -0.520. The van der Waals surface area contributed by atoms with Gasteiger partial charge in [0.05, 0.1) is 12.2 Å². The second-order valence-corrected chi connectivity index (χ2v) is 1.95. The molecule has 2 nitrogen and oxygen atoms in total. The Morgan fingerprint density at radius 1 is 1.44 bits per heavy atom. The van der Waals surface area contributed by atoms with Crippen molar-refractivity contribution < 1.29 is 10.2 Å². The minimum Gasteiger partial charge on any atom is -0.390 e. The van der Waals surface area contributed by atoms with Gasteiger partial charge in [-0.25, -0.2) is 0 Å². The number of hydrogen-bond donors (Lipinski definition) is 2. The lowest BCUT2D eigenvalue weighted by atomic mass is 10.1. The summed E-state index contributed by atoms with van der Waals surface area (Å²) in [7, 11) is 0. The summed E-state index contributed by atoms with van der Waals surface area (Å²) in [6, 6.07) is 0. The highest BCUT2D eigenvalue weighted by Crippen LogP contribution is 2.00. The molecule has 0 fully saturated rings. The molecule has 2 heteroatoms. The summed E-state index contributed by atoms with van der Waals surface area (Å²) in [4.78, 5) is 0. The summed E-state index contributed by atoms with van der Waals surface area (Å²) in [5.74, 6) is 2.27. The first-order chi connectivity index (χ1) is 4.22. The number of aliphatic hydroxyl groups is 2. The highest BCUT2D eigenvalue weighted by Gasteiger charge is 2.11. The van der Waals surface area contributed by atoms with E-state index in [1.807, 2.05) is 0 Å². The molecule has 2 N–H and O–H groups in total. The Balaban J connectivity index is 3.48. The van der Waals surface area contributed by atoms with Gasteiger partial charge in [0, 0.05) is 6.42 Å². The van der Waals surface area contributed by atoms with E-state index in [1.54, 1.807) is 6.92 Å². The zero-order chi connectivity index (χ0) is 7.28. The molecule has 0 saturated heterocycles. The second-order valence-electron chi connectivity index (χ2n) is 1.95. The van der Waals surface area contributed by atoms with Crippen LogP contribution in [-0.2, 0) is 0 Å². The van der Waals surface area contributed by atoms with Crippen LogP contribution in [0.25, 0.3) is 0 Å². The quantitative estimate of drug-likeness (QED) is 0.531. The van der Waals surface area contributed by atoms with E-state index in [0.29, 0.717) is 6.42 Å². The summed E-state index contributed by atoms with van der Waals surface area (Å²) >= 11 is 0. The summed E-state index contributed by atoms with van der Waals surface area (Å²) < 4.78 is 0. The van der Waals surface area contributed by atoms with Crippen molar-refractivity contribution in [2.75, 3.05) is 0 Å². The molecule has 0 heterocycles. The first-order valence-corrected chi connectivity index (χ1v) is 3.02. The Kier molecular flexibility index (Phi) is 4.12. The van der Waals surface area contributed by atoms with E-state index in [1.165, 1.54) is 0 Å². The van der Waals surface area contributed by atoms with Crippen LogP contribution in [0.3, 0.4) is 0 Å². The fraction of sp³-hybridized carbons (Fsp3) is 0.714. The number of rotatable bonds is 3. The standard InChI is InChI=1S/C7H12O2/c1-3-5-7(9)6(8)4-2/h1,6-9H,4-5H2,2H3. The van der Waals surface area contributed by atoms with E-state index in [-0.39, 0.29) is 6.42 Å². The average Bonchev–Trinajstić information content (AvgIpc) is 1.87. The van der Waals surface area contributed by atoms with Crippen LogP contribution >= 0.6 is 0 Å². The molecule has 0 aromatic carbocycles. The molecule has 2 unspecified atom stereocenters. The van der Waals surface area contributed by atoms with Crippen LogP contribution in [0.2, 0.25) is 0 Å². The minimum atomic E-state index is -0.750. The smallest absolute Gasteiger partial charge is 0.0907 e. The minimum absolute atomic E-state index is 0.231. The third kappa shape index (κ3) is 3.12. The molecular weight excluding hydrogens is 116 g/mol. The van der Waals surface area contributed by atoms with Gasteiger partial charge >= 0.3 is 0 Å². The maximum Gasteiger partial charge on any atom is 0.0907 e. The Bertz CT molecular complexity index is 104. The van der Waals surface area contributed by atoms with Gasteiger partial charge in [0.25, 0.3) is 0 Å². The van der Waals surface area contributed by atoms with Gasteiger partial charge in [-0.05, 0) is 6.42 Å².